The second-order valence-corrected chi connectivity index (χ2v) is 5.50. The van der Waals surface area contributed by atoms with Gasteiger partial charge in [-0.3, -0.25) is 4.79 Å². The molecule has 2 rings (SSSR count). The lowest BCUT2D eigenvalue weighted by atomic mass is 9.80. The predicted octanol–water partition coefficient (Wildman–Crippen LogP) is 2.02. The molecule has 2 aliphatic rings. The smallest absolute Gasteiger partial charge is 0.328 e. The largest absolute Gasteiger partial charge is 0.464 e. The van der Waals surface area contributed by atoms with E-state index in [1.807, 2.05) is 0 Å². The molecule has 1 saturated carbocycles. The van der Waals surface area contributed by atoms with E-state index >= 15 is 0 Å². The van der Waals surface area contributed by atoms with Gasteiger partial charge < -0.3 is 10.1 Å². The molecule has 4 nitrogen and oxygen atoms in total. The second-order valence-electron chi connectivity index (χ2n) is 5.50. The van der Waals surface area contributed by atoms with Crippen molar-refractivity contribution in [1.29, 1.82) is 0 Å². The van der Waals surface area contributed by atoms with Gasteiger partial charge in [0.1, 0.15) is 6.04 Å². The zero-order chi connectivity index (χ0) is 13.0. The zero-order valence-electron chi connectivity index (χ0n) is 11.1. The average Bonchev–Trinajstić information content (AvgIpc) is 2.72. The molecule has 1 heterocycles. The summed E-state index contributed by atoms with van der Waals surface area (Å²) in [7, 11) is 0. The van der Waals surface area contributed by atoms with Crippen molar-refractivity contribution in [3.05, 3.63) is 0 Å². The van der Waals surface area contributed by atoms with Crippen LogP contribution in [-0.4, -0.2) is 24.5 Å². The summed E-state index contributed by atoms with van der Waals surface area (Å²) in [6, 6.07) is -0.403. The Labute approximate surface area is 108 Å². The second kappa shape index (κ2) is 6.21. The van der Waals surface area contributed by atoms with Crippen LogP contribution in [0.4, 0.5) is 0 Å². The molecule has 1 aliphatic heterocycles. The Hall–Kier alpha value is -1.06. The highest BCUT2D eigenvalue weighted by atomic mass is 16.5. The van der Waals surface area contributed by atoms with E-state index in [9.17, 15) is 9.59 Å². The summed E-state index contributed by atoms with van der Waals surface area (Å²) in [6.45, 7) is 2.17. The molecule has 0 radical (unpaired) electrons. The molecular formula is C14H23NO3. The third kappa shape index (κ3) is 3.24. The lowest BCUT2D eigenvalue weighted by molar-refractivity contribution is -0.147. The monoisotopic (exact) mass is 253 g/mol. The predicted molar refractivity (Wildman–Crippen MR) is 67.9 cm³/mol. The maximum atomic E-state index is 11.8. The number of nitrogens with one attached hydrogen (secondary N) is 1. The fraction of sp³-hybridized carbons (Fsp3) is 0.857. The number of hydrogen-bond acceptors (Lipinski definition) is 3. The Morgan fingerprint density at radius 1 is 1.33 bits per heavy atom. The summed E-state index contributed by atoms with van der Waals surface area (Å²) >= 11 is 0. The van der Waals surface area contributed by atoms with Crippen molar-refractivity contribution in [2.24, 2.45) is 11.8 Å². The summed E-state index contributed by atoms with van der Waals surface area (Å²) in [5, 5.41) is 2.76. The minimum atomic E-state index is -0.403. The third-order valence-corrected chi connectivity index (χ3v) is 4.14. The van der Waals surface area contributed by atoms with Gasteiger partial charge in [0.15, 0.2) is 0 Å². The van der Waals surface area contributed by atoms with E-state index in [2.05, 4.69) is 5.32 Å². The van der Waals surface area contributed by atoms with Crippen LogP contribution in [0, 0.1) is 11.8 Å². The number of ether oxygens (including phenoxy) is 1. The van der Waals surface area contributed by atoms with Crippen LogP contribution in [-0.2, 0) is 14.3 Å². The minimum absolute atomic E-state index is 0.00568. The van der Waals surface area contributed by atoms with Crippen LogP contribution in [0.3, 0.4) is 0 Å². The Kier molecular flexibility index (Phi) is 4.61. The van der Waals surface area contributed by atoms with Crippen molar-refractivity contribution in [3.8, 4) is 0 Å². The normalized spacial score (nSPS) is 29.1. The maximum Gasteiger partial charge on any atom is 0.328 e. The molecule has 2 unspecified atom stereocenters. The SMILES string of the molecule is CCOC(=O)C1NC(=O)CC1CC1CCCCC1. The van der Waals surface area contributed by atoms with Crippen LogP contribution >= 0.6 is 0 Å². The van der Waals surface area contributed by atoms with Crippen LogP contribution in [0.5, 0.6) is 0 Å². The summed E-state index contributed by atoms with van der Waals surface area (Å²) in [6.07, 6.45) is 7.90. The molecule has 102 valence electrons. The first-order chi connectivity index (χ1) is 8.70. The Morgan fingerprint density at radius 3 is 2.72 bits per heavy atom. The Bertz CT molecular complexity index is 310. The molecule has 18 heavy (non-hydrogen) atoms. The van der Waals surface area contributed by atoms with E-state index in [0.717, 1.165) is 6.42 Å². The molecule has 0 spiro atoms. The molecular weight excluding hydrogens is 230 g/mol. The molecule has 0 bridgehead atoms. The summed E-state index contributed by atoms with van der Waals surface area (Å²) in [5.41, 5.74) is 0. The number of carbonyl (C=O) groups is 2. The van der Waals surface area contributed by atoms with Crippen molar-refractivity contribution in [2.75, 3.05) is 6.61 Å². The van der Waals surface area contributed by atoms with Gasteiger partial charge >= 0.3 is 5.97 Å². The maximum absolute atomic E-state index is 11.8. The van der Waals surface area contributed by atoms with Gasteiger partial charge in [0.2, 0.25) is 5.91 Å². The number of esters is 1. The number of rotatable bonds is 4. The van der Waals surface area contributed by atoms with Crippen LogP contribution in [0.15, 0.2) is 0 Å². The van der Waals surface area contributed by atoms with Gasteiger partial charge in [0.05, 0.1) is 6.61 Å². The van der Waals surface area contributed by atoms with E-state index in [4.69, 9.17) is 4.74 Å². The van der Waals surface area contributed by atoms with E-state index in [1.165, 1.54) is 32.1 Å². The van der Waals surface area contributed by atoms with Gasteiger partial charge in [0, 0.05) is 6.42 Å². The molecule has 0 aromatic rings. The number of carbonyl (C=O) groups excluding carboxylic acids is 2. The quantitative estimate of drug-likeness (QED) is 0.780. The van der Waals surface area contributed by atoms with Gasteiger partial charge in [-0.15, -0.1) is 0 Å². The Morgan fingerprint density at radius 2 is 2.06 bits per heavy atom. The van der Waals surface area contributed by atoms with Crippen molar-refractivity contribution in [2.45, 2.75) is 57.9 Å². The highest BCUT2D eigenvalue weighted by Gasteiger charge is 2.39. The third-order valence-electron chi connectivity index (χ3n) is 4.14. The molecule has 0 aromatic carbocycles. The lowest BCUT2D eigenvalue weighted by Gasteiger charge is -2.26. The van der Waals surface area contributed by atoms with Gasteiger partial charge in [-0.2, -0.15) is 0 Å². The average molecular weight is 253 g/mol. The molecule has 2 fully saturated rings. The van der Waals surface area contributed by atoms with Crippen molar-refractivity contribution < 1.29 is 14.3 Å². The van der Waals surface area contributed by atoms with Crippen LogP contribution in [0.25, 0.3) is 0 Å². The number of hydrogen-bond donors (Lipinski definition) is 1. The first-order valence-corrected chi connectivity index (χ1v) is 7.16. The highest BCUT2D eigenvalue weighted by Crippen LogP contribution is 2.33. The van der Waals surface area contributed by atoms with Crippen molar-refractivity contribution in [3.63, 3.8) is 0 Å². The summed E-state index contributed by atoms with van der Waals surface area (Å²) in [5.74, 6) is 0.561. The lowest BCUT2D eigenvalue weighted by Crippen LogP contribution is -2.39. The number of amides is 1. The van der Waals surface area contributed by atoms with E-state index in [0.29, 0.717) is 18.9 Å². The van der Waals surface area contributed by atoms with Crippen molar-refractivity contribution >= 4 is 11.9 Å². The van der Waals surface area contributed by atoms with E-state index < -0.39 is 6.04 Å². The molecule has 1 saturated heterocycles. The van der Waals surface area contributed by atoms with E-state index in [-0.39, 0.29) is 17.8 Å². The van der Waals surface area contributed by atoms with Crippen molar-refractivity contribution in [1.82, 2.24) is 5.32 Å². The van der Waals surface area contributed by atoms with E-state index in [1.54, 1.807) is 6.92 Å². The topological polar surface area (TPSA) is 55.4 Å². The molecule has 1 aliphatic carbocycles. The zero-order valence-corrected chi connectivity index (χ0v) is 11.1. The fourth-order valence-electron chi connectivity index (χ4n) is 3.26. The van der Waals surface area contributed by atoms with Crippen LogP contribution in [0.1, 0.15) is 51.9 Å². The summed E-state index contributed by atoms with van der Waals surface area (Å²) < 4.78 is 5.04. The van der Waals surface area contributed by atoms with Gasteiger partial charge in [-0.1, -0.05) is 32.1 Å². The molecule has 2 atom stereocenters. The standard InChI is InChI=1S/C14H23NO3/c1-2-18-14(17)13-11(9-12(16)15-13)8-10-6-4-3-5-7-10/h10-11,13H,2-9H2,1H3,(H,15,16). The molecule has 1 N–H and O–H groups in total. The molecule has 0 aromatic heterocycles. The fourth-order valence-corrected chi connectivity index (χ4v) is 3.26. The van der Waals surface area contributed by atoms with Crippen LogP contribution in [0.2, 0.25) is 0 Å². The van der Waals surface area contributed by atoms with Gasteiger partial charge in [-0.05, 0) is 25.2 Å². The van der Waals surface area contributed by atoms with Gasteiger partial charge in [0.25, 0.3) is 0 Å². The molecule has 4 heteroatoms. The highest BCUT2D eigenvalue weighted by molar-refractivity contribution is 5.88. The Balaban J connectivity index is 1.91. The molecule has 1 amide bonds. The summed E-state index contributed by atoms with van der Waals surface area (Å²) in [4.78, 5) is 23.3. The first kappa shape index (κ1) is 13.4. The first-order valence-electron chi connectivity index (χ1n) is 7.16. The van der Waals surface area contributed by atoms with Gasteiger partial charge in [-0.25, -0.2) is 4.79 Å². The minimum Gasteiger partial charge on any atom is -0.464 e. The van der Waals surface area contributed by atoms with Crippen LogP contribution < -0.4 is 5.32 Å².